The van der Waals surface area contributed by atoms with Gasteiger partial charge in [-0.05, 0) is 60.7 Å². The highest BCUT2D eigenvalue weighted by molar-refractivity contribution is 8.18. The van der Waals surface area contributed by atoms with Gasteiger partial charge in [-0.3, -0.25) is 4.79 Å². The second kappa shape index (κ2) is 8.97. The molecule has 4 nitrogen and oxygen atoms in total. The van der Waals surface area contributed by atoms with Crippen molar-refractivity contribution < 1.29 is 13.9 Å². The second-order valence-electron chi connectivity index (χ2n) is 6.77. The minimum absolute atomic E-state index is 0.195. The Morgan fingerprint density at radius 2 is 1.77 bits per heavy atom. The Balaban J connectivity index is 1.51. The third kappa shape index (κ3) is 4.96. The maximum absolute atomic E-state index is 13.1. The maximum Gasteiger partial charge on any atom is 0.264 e. The average Bonchev–Trinajstić information content (AvgIpc) is 3.09. The number of rotatable bonds is 5. The van der Waals surface area contributed by atoms with Crippen LogP contribution in [0.4, 0.5) is 10.1 Å². The predicted octanol–water partition coefficient (Wildman–Crippen LogP) is 5.60. The summed E-state index contributed by atoms with van der Waals surface area (Å²) in [4.78, 5) is 17.4. The molecule has 4 rings (SSSR count). The third-order valence-electron chi connectivity index (χ3n) is 4.43. The zero-order valence-electron chi connectivity index (χ0n) is 16.3. The molecular weight excluding hydrogens is 399 g/mol. The van der Waals surface area contributed by atoms with Crippen LogP contribution in [0.2, 0.25) is 0 Å². The van der Waals surface area contributed by atoms with Crippen LogP contribution in [-0.4, -0.2) is 11.1 Å². The number of nitrogens with one attached hydrogen (secondary N) is 1. The summed E-state index contributed by atoms with van der Waals surface area (Å²) in [5, 5.41) is 3.34. The Morgan fingerprint density at radius 3 is 2.53 bits per heavy atom. The van der Waals surface area contributed by atoms with Crippen LogP contribution in [0.5, 0.6) is 5.75 Å². The molecule has 1 N–H and O–H groups in total. The van der Waals surface area contributed by atoms with Crippen LogP contribution in [0.1, 0.15) is 16.7 Å². The zero-order chi connectivity index (χ0) is 20.9. The van der Waals surface area contributed by atoms with E-state index in [2.05, 4.69) is 10.3 Å². The number of para-hydroxylation sites is 1. The normalized spacial score (nSPS) is 16.1. The topological polar surface area (TPSA) is 50.7 Å². The van der Waals surface area contributed by atoms with Gasteiger partial charge in [-0.25, -0.2) is 9.38 Å². The summed E-state index contributed by atoms with van der Waals surface area (Å²) in [6.45, 7) is 2.32. The number of ether oxygens (including phenoxy) is 1. The van der Waals surface area contributed by atoms with Gasteiger partial charge in [-0.15, -0.1) is 0 Å². The molecule has 0 saturated carbocycles. The fourth-order valence-corrected chi connectivity index (χ4v) is 3.66. The van der Waals surface area contributed by atoms with Gasteiger partial charge in [0.15, 0.2) is 5.17 Å². The standard InChI is InChI=1S/C24H19FN2O2S/c1-16-6-12-20(13-7-16)26-24-27-23(28)22(30-24)14-18-4-2-3-5-21(18)29-15-17-8-10-19(25)11-9-17/h2-14H,15H2,1H3,(H,26,27,28)/b22-14+. The highest BCUT2D eigenvalue weighted by Crippen LogP contribution is 2.31. The van der Waals surface area contributed by atoms with Crippen LogP contribution in [-0.2, 0) is 11.4 Å². The minimum atomic E-state index is -0.281. The van der Waals surface area contributed by atoms with E-state index in [1.807, 2.05) is 55.5 Å². The molecule has 1 amide bonds. The molecule has 0 atom stereocenters. The van der Waals surface area contributed by atoms with Crippen molar-refractivity contribution in [1.29, 1.82) is 0 Å². The number of halogens is 1. The van der Waals surface area contributed by atoms with Gasteiger partial charge in [0.1, 0.15) is 18.2 Å². The number of carbonyl (C=O) groups is 1. The highest BCUT2D eigenvalue weighted by Gasteiger charge is 2.24. The predicted molar refractivity (Wildman–Crippen MR) is 119 cm³/mol. The van der Waals surface area contributed by atoms with Crippen molar-refractivity contribution in [3.05, 3.63) is 100 Å². The van der Waals surface area contributed by atoms with E-state index in [1.54, 1.807) is 18.2 Å². The van der Waals surface area contributed by atoms with E-state index in [-0.39, 0.29) is 11.7 Å². The van der Waals surface area contributed by atoms with Gasteiger partial charge in [0.05, 0.1) is 10.6 Å². The molecule has 1 saturated heterocycles. The molecule has 0 radical (unpaired) electrons. The molecule has 1 aliphatic rings. The molecule has 0 spiro atoms. The van der Waals surface area contributed by atoms with Crippen LogP contribution in [0.3, 0.4) is 0 Å². The monoisotopic (exact) mass is 418 g/mol. The maximum atomic E-state index is 13.1. The summed E-state index contributed by atoms with van der Waals surface area (Å²) in [5.74, 6) is 0.169. The second-order valence-corrected chi connectivity index (χ2v) is 7.80. The van der Waals surface area contributed by atoms with Crippen LogP contribution in [0, 0.1) is 12.7 Å². The molecule has 30 heavy (non-hydrogen) atoms. The quantitative estimate of drug-likeness (QED) is 0.549. The van der Waals surface area contributed by atoms with Gasteiger partial charge in [-0.2, -0.15) is 0 Å². The first-order valence-electron chi connectivity index (χ1n) is 9.39. The van der Waals surface area contributed by atoms with Crippen molar-refractivity contribution in [3.8, 4) is 5.75 Å². The van der Waals surface area contributed by atoms with Gasteiger partial charge in [0, 0.05) is 5.56 Å². The van der Waals surface area contributed by atoms with E-state index < -0.39 is 0 Å². The fraction of sp³-hybridized carbons (Fsp3) is 0.0833. The number of carbonyl (C=O) groups excluding carboxylic acids is 1. The number of hydrogen-bond acceptors (Lipinski definition) is 4. The van der Waals surface area contributed by atoms with Gasteiger partial charge in [0.25, 0.3) is 5.91 Å². The van der Waals surface area contributed by atoms with Gasteiger partial charge in [-0.1, -0.05) is 48.0 Å². The fourth-order valence-electron chi connectivity index (χ4n) is 2.83. The Morgan fingerprint density at radius 1 is 1.03 bits per heavy atom. The number of amides is 1. The van der Waals surface area contributed by atoms with E-state index >= 15 is 0 Å². The Kier molecular flexibility index (Phi) is 5.95. The Bertz CT molecular complexity index is 1120. The first-order valence-corrected chi connectivity index (χ1v) is 10.2. The van der Waals surface area contributed by atoms with Gasteiger partial charge >= 0.3 is 0 Å². The van der Waals surface area contributed by atoms with Crippen molar-refractivity contribution in [2.75, 3.05) is 0 Å². The summed E-state index contributed by atoms with van der Waals surface area (Å²) < 4.78 is 19.0. The van der Waals surface area contributed by atoms with E-state index in [1.165, 1.54) is 23.9 Å². The summed E-state index contributed by atoms with van der Waals surface area (Å²) in [5.41, 5.74) is 3.58. The van der Waals surface area contributed by atoms with Crippen molar-refractivity contribution in [3.63, 3.8) is 0 Å². The number of thioether (sulfide) groups is 1. The SMILES string of the molecule is Cc1ccc(N=C2NC(=O)/C(=C\c3ccccc3OCc3ccc(F)cc3)S2)cc1. The summed E-state index contributed by atoms with van der Waals surface area (Å²) in [7, 11) is 0. The molecule has 1 heterocycles. The molecule has 0 aliphatic carbocycles. The van der Waals surface area contributed by atoms with Crippen molar-refractivity contribution in [2.45, 2.75) is 13.5 Å². The molecule has 0 aromatic heterocycles. The van der Waals surface area contributed by atoms with Gasteiger partial charge < -0.3 is 10.1 Å². The lowest BCUT2D eigenvalue weighted by molar-refractivity contribution is -0.115. The van der Waals surface area contributed by atoms with Crippen molar-refractivity contribution in [2.24, 2.45) is 4.99 Å². The van der Waals surface area contributed by atoms with Crippen LogP contribution >= 0.6 is 11.8 Å². The summed E-state index contributed by atoms with van der Waals surface area (Å²) >= 11 is 1.29. The van der Waals surface area contributed by atoms with E-state index in [0.717, 1.165) is 22.4 Å². The first-order chi connectivity index (χ1) is 14.6. The van der Waals surface area contributed by atoms with Gasteiger partial charge in [0.2, 0.25) is 0 Å². The molecule has 1 aliphatic heterocycles. The number of aliphatic imine (C=N–C) groups is 1. The molecule has 3 aromatic rings. The number of amidine groups is 1. The number of benzene rings is 3. The highest BCUT2D eigenvalue weighted by atomic mass is 32.2. The molecule has 3 aromatic carbocycles. The average molecular weight is 418 g/mol. The van der Waals surface area contributed by atoms with E-state index in [0.29, 0.717) is 22.4 Å². The molecule has 6 heteroatoms. The zero-order valence-corrected chi connectivity index (χ0v) is 17.1. The molecular formula is C24H19FN2O2S. The molecule has 0 bridgehead atoms. The summed E-state index contributed by atoms with van der Waals surface area (Å²) in [6.07, 6.45) is 1.79. The Hall–Kier alpha value is -3.38. The van der Waals surface area contributed by atoms with E-state index in [9.17, 15) is 9.18 Å². The van der Waals surface area contributed by atoms with Crippen LogP contribution in [0.15, 0.2) is 82.7 Å². The largest absolute Gasteiger partial charge is 0.488 e. The third-order valence-corrected chi connectivity index (χ3v) is 5.34. The van der Waals surface area contributed by atoms with Crippen LogP contribution in [0.25, 0.3) is 6.08 Å². The van der Waals surface area contributed by atoms with Crippen LogP contribution < -0.4 is 10.1 Å². The lowest BCUT2D eigenvalue weighted by atomic mass is 10.2. The van der Waals surface area contributed by atoms with Crippen molar-refractivity contribution >= 4 is 34.6 Å². The lowest BCUT2D eigenvalue weighted by Crippen LogP contribution is -2.19. The number of aryl methyl sites for hydroxylation is 1. The minimum Gasteiger partial charge on any atom is -0.488 e. The Labute approximate surface area is 178 Å². The molecule has 0 unspecified atom stereocenters. The molecule has 1 fully saturated rings. The first kappa shape index (κ1) is 19.9. The lowest BCUT2D eigenvalue weighted by Gasteiger charge is -2.09. The number of hydrogen-bond donors (Lipinski definition) is 1. The smallest absolute Gasteiger partial charge is 0.264 e. The van der Waals surface area contributed by atoms with Crippen molar-refractivity contribution in [1.82, 2.24) is 5.32 Å². The molecule has 150 valence electrons. The number of nitrogens with zero attached hydrogens (tertiary/aromatic N) is 1. The van der Waals surface area contributed by atoms with E-state index in [4.69, 9.17) is 4.74 Å². The summed E-state index contributed by atoms with van der Waals surface area (Å²) in [6, 6.07) is 21.4.